The zero-order chi connectivity index (χ0) is 16.8. The standard InChI is InChI=1S/C18H20N2O3/c1-12(20-13(2)21)16-6-4-14(5-7-16)8-15-9-17(11-19-10-15)18(22)23-3/h4-7,9-12H,8H2,1-3H3,(H,20,21). The van der Waals surface area contributed by atoms with E-state index in [9.17, 15) is 9.59 Å². The lowest BCUT2D eigenvalue weighted by Gasteiger charge is -2.13. The molecule has 120 valence electrons. The Morgan fingerprint density at radius 2 is 1.87 bits per heavy atom. The minimum Gasteiger partial charge on any atom is -0.465 e. The molecule has 0 aliphatic rings. The summed E-state index contributed by atoms with van der Waals surface area (Å²) < 4.78 is 4.70. The summed E-state index contributed by atoms with van der Waals surface area (Å²) in [5.41, 5.74) is 3.54. The van der Waals surface area contributed by atoms with Crippen LogP contribution < -0.4 is 5.32 Å². The lowest BCUT2D eigenvalue weighted by Crippen LogP contribution is -2.23. The number of hydrogen-bond donors (Lipinski definition) is 1. The van der Waals surface area contributed by atoms with Gasteiger partial charge in [-0.3, -0.25) is 9.78 Å². The van der Waals surface area contributed by atoms with Crippen molar-refractivity contribution < 1.29 is 14.3 Å². The number of hydrogen-bond acceptors (Lipinski definition) is 4. The predicted molar refractivity (Wildman–Crippen MR) is 87.1 cm³/mol. The second-order valence-electron chi connectivity index (χ2n) is 5.41. The van der Waals surface area contributed by atoms with E-state index < -0.39 is 0 Å². The number of carbonyl (C=O) groups excluding carboxylic acids is 2. The molecule has 2 rings (SSSR count). The Morgan fingerprint density at radius 1 is 1.17 bits per heavy atom. The Labute approximate surface area is 135 Å². The van der Waals surface area contributed by atoms with Crippen molar-refractivity contribution >= 4 is 11.9 Å². The van der Waals surface area contributed by atoms with Gasteiger partial charge in [-0.25, -0.2) is 4.79 Å². The molecule has 0 aliphatic carbocycles. The number of aromatic nitrogens is 1. The Kier molecular flexibility index (Phi) is 5.46. The van der Waals surface area contributed by atoms with Gasteiger partial charge in [-0.15, -0.1) is 0 Å². The van der Waals surface area contributed by atoms with Gasteiger partial charge in [0, 0.05) is 19.3 Å². The van der Waals surface area contributed by atoms with Crippen molar-refractivity contribution in [3.8, 4) is 0 Å². The van der Waals surface area contributed by atoms with Gasteiger partial charge >= 0.3 is 5.97 Å². The van der Waals surface area contributed by atoms with Gasteiger partial charge in [0.15, 0.2) is 0 Å². The minimum atomic E-state index is -0.390. The fourth-order valence-electron chi connectivity index (χ4n) is 2.36. The van der Waals surface area contributed by atoms with Gasteiger partial charge in [-0.2, -0.15) is 0 Å². The number of ether oxygens (including phenoxy) is 1. The third kappa shape index (κ3) is 4.64. The normalized spacial score (nSPS) is 11.6. The summed E-state index contributed by atoms with van der Waals surface area (Å²) in [5, 5.41) is 2.85. The molecule has 1 aromatic carbocycles. The van der Waals surface area contributed by atoms with Crippen LogP contribution in [0.25, 0.3) is 0 Å². The van der Waals surface area contributed by atoms with Crippen molar-refractivity contribution in [2.24, 2.45) is 0 Å². The van der Waals surface area contributed by atoms with E-state index in [0.717, 1.165) is 16.7 Å². The van der Waals surface area contributed by atoms with Crippen LogP contribution in [0.2, 0.25) is 0 Å². The average Bonchev–Trinajstić information content (AvgIpc) is 2.54. The molecule has 1 atom stereocenters. The Bertz CT molecular complexity index is 696. The van der Waals surface area contributed by atoms with Gasteiger partial charge in [-0.05, 0) is 36.1 Å². The number of carbonyl (C=O) groups is 2. The first-order valence-corrected chi connectivity index (χ1v) is 7.37. The average molecular weight is 312 g/mol. The van der Waals surface area contributed by atoms with Crippen LogP contribution >= 0.6 is 0 Å². The molecule has 23 heavy (non-hydrogen) atoms. The van der Waals surface area contributed by atoms with E-state index in [4.69, 9.17) is 4.74 Å². The second kappa shape index (κ2) is 7.54. The van der Waals surface area contributed by atoms with Crippen LogP contribution in [0.4, 0.5) is 0 Å². The van der Waals surface area contributed by atoms with E-state index in [0.29, 0.717) is 12.0 Å². The van der Waals surface area contributed by atoms with Crippen molar-refractivity contribution in [3.63, 3.8) is 0 Å². The molecule has 0 saturated carbocycles. The molecule has 0 bridgehead atoms. The number of amides is 1. The molecule has 0 fully saturated rings. The fraction of sp³-hybridized carbons (Fsp3) is 0.278. The van der Waals surface area contributed by atoms with E-state index in [1.807, 2.05) is 31.2 Å². The van der Waals surface area contributed by atoms with Crippen LogP contribution in [0.3, 0.4) is 0 Å². The lowest BCUT2D eigenvalue weighted by atomic mass is 10.0. The van der Waals surface area contributed by atoms with E-state index in [1.54, 1.807) is 12.3 Å². The largest absolute Gasteiger partial charge is 0.465 e. The zero-order valence-electron chi connectivity index (χ0n) is 13.5. The minimum absolute atomic E-state index is 0.0223. The Morgan fingerprint density at radius 3 is 2.48 bits per heavy atom. The Hall–Kier alpha value is -2.69. The van der Waals surface area contributed by atoms with E-state index >= 15 is 0 Å². The highest BCUT2D eigenvalue weighted by atomic mass is 16.5. The van der Waals surface area contributed by atoms with Crippen LogP contribution in [0, 0.1) is 0 Å². The van der Waals surface area contributed by atoms with Crippen LogP contribution in [-0.2, 0) is 16.0 Å². The number of rotatable bonds is 5. The van der Waals surface area contributed by atoms with Gasteiger partial charge in [-0.1, -0.05) is 24.3 Å². The maximum Gasteiger partial charge on any atom is 0.339 e. The molecule has 5 heteroatoms. The molecule has 5 nitrogen and oxygen atoms in total. The molecule has 1 N–H and O–H groups in total. The lowest BCUT2D eigenvalue weighted by molar-refractivity contribution is -0.119. The number of nitrogens with one attached hydrogen (secondary N) is 1. The zero-order valence-corrected chi connectivity index (χ0v) is 13.5. The molecule has 0 spiro atoms. The van der Waals surface area contributed by atoms with Crippen molar-refractivity contribution in [1.82, 2.24) is 10.3 Å². The first-order chi connectivity index (χ1) is 11.0. The van der Waals surface area contributed by atoms with Crippen molar-refractivity contribution in [2.75, 3.05) is 7.11 Å². The van der Waals surface area contributed by atoms with E-state index in [1.165, 1.54) is 20.2 Å². The third-order valence-electron chi connectivity index (χ3n) is 3.52. The van der Waals surface area contributed by atoms with Crippen molar-refractivity contribution in [2.45, 2.75) is 26.3 Å². The second-order valence-corrected chi connectivity index (χ2v) is 5.41. The highest BCUT2D eigenvalue weighted by Crippen LogP contribution is 2.16. The quantitative estimate of drug-likeness (QED) is 0.862. The maximum atomic E-state index is 11.5. The summed E-state index contributed by atoms with van der Waals surface area (Å²) in [6, 6.07) is 9.77. The first-order valence-electron chi connectivity index (χ1n) is 7.37. The number of esters is 1. The summed E-state index contributed by atoms with van der Waals surface area (Å²) in [6.07, 6.45) is 3.90. The molecule has 1 aromatic heterocycles. The highest BCUT2D eigenvalue weighted by molar-refractivity contribution is 5.89. The van der Waals surface area contributed by atoms with Gasteiger partial charge in [0.25, 0.3) is 0 Å². The van der Waals surface area contributed by atoms with E-state index in [2.05, 4.69) is 10.3 Å². The molecule has 0 aliphatic heterocycles. The van der Waals surface area contributed by atoms with Crippen molar-refractivity contribution in [1.29, 1.82) is 0 Å². The highest BCUT2D eigenvalue weighted by Gasteiger charge is 2.08. The Balaban J connectivity index is 2.09. The summed E-state index contributed by atoms with van der Waals surface area (Å²) in [4.78, 5) is 26.7. The molecule has 0 radical (unpaired) electrons. The summed E-state index contributed by atoms with van der Waals surface area (Å²) in [6.45, 7) is 3.45. The monoisotopic (exact) mass is 312 g/mol. The van der Waals surface area contributed by atoms with E-state index in [-0.39, 0.29) is 17.9 Å². The SMILES string of the molecule is COC(=O)c1cncc(Cc2ccc(C(C)NC(C)=O)cc2)c1. The summed E-state index contributed by atoms with van der Waals surface area (Å²) >= 11 is 0. The molecular formula is C18H20N2O3. The van der Waals surface area contributed by atoms with Gasteiger partial charge in [0.1, 0.15) is 0 Å². The molecular weight excluding hydrogens is 292 g/mol. The summed E-state index contributed by atoms with van der Waals surface area (Å²) in [5.74, 6) is -0.439. The molecule has 1 amide bonds. The van der Waals surface area contributed by atoms with Gasteiger partial charge in [0.2, 0.25) is 5.91 Å². The summed E-state index contributed by atoms with van der Waals surface area (Å²) in [7, 11) is 1.35. The third-order valence-corrected chi connectivity index (χ3v) is 3.52. The van der Waals surface area contributed by atoms with Gasteiger partial charge in [0.05, 0.1) is 18.7 Å². The van der Waals surface area contributed by atoms with Crippen LogP contribution in [0.15, 0.2) is 42.7 Å². The number of methoxy groups -OCH3 is 1. The topological polar surface area (TPSA) is 68.3 Å². The maximum absolute atomic E-state index is 11.5. The number of benzene rings is 1. The van der Waals surface area contributed by atoms with Crippen molar-refractivity contribution in [3.05, 3.63) is 65.0 Å². The molecule has 0 saturated heterocycles. The molecule has 1 heterocycles. The fourth-order valence-corrected chi connectivity index (χ4v) is 2.36. The molecule has 2 aromatic rings. The van der Waals surface area contributed by atoms with Crippen LogP contribution in [-0.4, -0.2) is 24.0 Å². The predicted octanol–water partition coefficient (Wildman–Crippen LogP) is 2.66. The van der Waals surface area contributed by atoms with Crippen LogP contribution in [0.5, 0.6) is 0 Å². The van der Waals surface area contributed by atoms with Gasteiger partial charge < -0.3 is 10.1 Å². The first kappa shape index (κ1) is 16.7. The van der Waals surface area contributed by atoms with Crippen LogP contribution in [0.1, 0.15) is 46.9 Å². The smallest absolute Gasteiger partial charge is 0.339 e. The molecule has 1 unspecified atom stereocenters. The number of pyridine rings is 1. The number of nitrogens with zero attached hydrogens (tertiary/aromatic N) is 1.